The van der Waals surface area contributed by atoms with Crippen LogP contribution in [0.5, 0.6) is 11.5 Å². The van der Waals surface area contributed by atoms with Crippen LogP contribution in [0.3, 0.4) is 0 Å². The van der Waals surface area contributed by atoms with E-state index in [1.807, 2.05) is 6.07 Å². The smallest absolute Gasteiger partial charge is 0.416 e. The van der Waals surface area contributed by atoms with Gasteiger partial charge in [0.25, 0.3) is 0 Å². The van der Waals surface area contributed by atoms with Gasteiger partial charge in [-0.25, -0.2) is 0 Å². The van der Waals surface area contributed by atoms with E-state index in [9.17, 15) is 26.3 Å². The van der Waals surface area contributed by atoms with Crippen LogP contribution in [-0.2, 0) is 23.7 Å². The van der Waals surface area contributed by atoms with Crippen molar-refractivity contribution in [3.05, 3.63) is 58.7 Å². The molecule has 0 saturated heterocycles. The van der Waals surface area contributed by atoms with Gasteiger partial charge in [-0.1, -0.05) is 0 Å². The van der Waals surface area contributed by atoms with Crippen molar-refractivity contribution in [3.8, 4) is 17.6 Å². The first kappa shape index (κ1) is 21.4. The van der Waals surface area contributed by atoms with Crippen LogP contribution in [0, 0.1) is 11.3 Å². The molecular weight excluding hydrogens is 392 g/mol. The second-order valence-electron chi connectivity index (χ2n) is 5.56. The molecule has 0 aliphatic heterocycles. The van der Waals surface area contributed by atoms with E-state index in [1.54, 1.807) is 0 Å². The highest BCUT2D eigenvalue weighted by Crippen LogP contribution is 2.36. The Kier molecular flexibility index (Phi) is 6.41. The maximum Gasteiger partial charge on any atom is 0.416 e. The van der Waals surface area contributed by atoms with Crippen molar-refractivity contribution in [1.82, 2.24) is 0 Å². The summed E-state index contributed by atoms with van der Waals surface area (Å²) in [5.41, 5.74) is -3.07. The lowest BCUT2D eigenvalue weighted by atomic mass is 10.1. The van der Waals surface area contributed by atoms with Crippen molar-refractivity contribution < 1.29 is 40.6 Å². The first-order valence-corrected chi connectivity index (χ1v) is 7.61. The number of halogens is 6. The maximum absolute atomic E-state index is 12.9. The third-order valence-corrected chi connectivity index (χ3v) is 3.41. The Morgan fingerprint density at radius 3 is 1.82 bits per heavy atom. The number of hydrogen-bond acceptors (Lipinski definition) is 4. The van der Waals surface area contributed by atoms with Crippen molar-refractivity contribution >= 4 is 0 Å². The number of hydrogen-bond donors (Lipinski definition) is 0. The lowest BCUT2D eigenvalue weighted by Crippen LogP contribution is -2.12. The zero-order valence-electron chi connectivity index (χ0n) is 14.3. The fourth-order valence-corrected chi connectivity index (χ4v) is 2.20. The Morgan fingerprint density at radius 1 is 0.821 bits per heavy atom. The van der Waals surface area contributed by atoms with E-state index in [0.29, 0.717) is 12.1 Å². The van der Waals surface area contributed by atoms with Crippen LogP contribution in [0.2, 0.25) is 0 Å². The van der Waals surface area contributed by atoms with Gasteiger partial charge in [0, 0.05) is 13.2 Å². The number of rotatable bonds is 6. The summed E-state index contributed by atoms with van der Waals surface area (Å²) in [6.45, 7) is -0.706. The van der Waals surface area contributed by atoms with Crippen LogP contribution in [-0.4, -0.2) is 13.9 Å². The van der Waals surface area contributed by atoms with Gasteiger partial charge in [0.15, 0.2) is 6.79 Å². The summed E-state index contributed by atoms with van der Waals surface area (Å²) in [7, 11) is 1.37. The van der Waals surface area contributed by atoms with Crippen molar-refractivity contribution in [2.45, 2.75) is 19.0 Å². The molecule has 2 aromatic carbocycles. The molecule has 0 bridgehead atoms. The summed E-state index contributed by atoms with van der Waals surface area (Å²) in [6.07, 6.45) is -9.89. The monoisotopic (exact) mass is 405 g/mol. The summed E-state index contributed by atoms with van der Waals surface area (Å²) in [4.78, 5) is 0. The van der Waals surface area contributed by atoms with Crippen LogP contribution in [0.4, 0.5) is 26.3 Å². The Hall–Kier alpha value is -2.93. The SMILES string of the molecule is COCOc1cc(C#N)cc(OCc2cc(C(F)(F)F)cc(C(F)(F)F)c2)c1. The zero-order chi connectivity index (χ0) is 20.9. The topological polar surface area (TPSA) is 51.5 Å². The molecule has 2 rings (SSSR count). The third kappa shape index (κ3) is 5.79. The molecule has 0 aliphatic rings. The minimum absolute atomic E-state index is 0.0381. The molecule has 0 atom stereocenters. The van der Waals surface area contributed by atoms with E-state index in [1.165, 1.54) is 25.3 Å². The molecule has 28 heavy (non-hydrogen) atoms. The van der Waals surface area contributed by atoms with E-state index in [2.05, 4.69) is 0 Å². The molecule has 0 aromatic heterocycles. The normalized spacial score (nSPS) is 11.8. The Labute approximate surface area is 155 Å². The van der Waals surface area contributed by atoms with E-state index in [-0.39, 0.29) is 35.5 Å². The van der Waals surface area contributed by atoms with Crippen LogP contribution in [0.1, 0.15) is 22.3 Å². The molecule has 4 nitrogen and oxygen atoms in total. The Morgan fingerprint density at radius 2 is 1.36 bits per heavy atom. The van der Waals surface area contributed by atoms with Crippen LogP contribution >= 0.6 is 0 Å². The average Bonchev–Trinajstić information content (AvgIpc) is 2.63. The number of nitriles is 1. The standard InChI is InChI=1S/C18H13F6NO3/c1-26-10-28-16-5-11(8-25)4-15(7-16)27-9-12-2-13(17(19,20)21)6-14(3-12)18(22,23)24/h2-7H,9-10H2,1H3. The lowest BCUT2D eigenvalue weighted by molar-refractivity contribution is -0.143. The first-order valence-electron chi connectivity index (χ1n) is 7.61. The molecule has 10 heteroatoms. The molecule has 0 aliphatic carbocycles. The summed E-state index contributed by atoms with van der Waals surface area (Å²) in [6, 6.07) is 7.01. The highest BCUT2D eigenvalue weighted by Gasteiger charge is 2.36. The molecule has 0 N–H and O–H groups in total. The number of benzene rings is 2. The molecule has 0 amide bonds. The Bertz CT molecular complexity index is 839. The van der Waals surface area contributed by atoms with Crippen LogP contribution in [0.15, 0.2) is 36.4 Å². The highest BCUT2D eigenvalue weighted by molar-refractivity contribution is 5.44. The number of methoxy groups -OCH3 is 1. The predicted molar refractivity (Wildman–Crippen MR) is 84.4 cm³/mol. The molecule has 0 spiro atoms. The van der Waals surface area contributed by atoms with E-state index >= 15 is 0 Å². The van der Waals surface area contributed by atoms with Crippen molar-refractivity contribution in [2.75, 3.05) is 13.9 Å². The molecule has 0 saturated carbocycles. The fourth-order valence-electron chi connectivity index (χ4n) is 2.20. The lowest BCUT2D eigenvalue weighted by Gasteiger charge is -2.15. The molecule has 2 aromatic rings. The van der Waals surface area contributed by atoms with Gasteiger partial charge in [0.1, 0.15) is 18.1 Å². The first-order chi connectivity index (χ1) is 13.0. The summed E-state index contributed by atoms with van der Waals surface area (Å²) in [5.74, 6) is 0.229. The van der Waals surface area contributed by atoms with Crippen LogP contribution in [0.25, 0.3) is 0 Å². The van der Waals surface area contributed by atoms with E-state index in [4.69, 9.17) is 19.5 Å². The number of alkyl halides is 6. The molecular formula is C18H13F6NO3. The van der Waals surface area contributed by atoms with Gasteiger partial charge in [0.05, 0.1) is 22.8 Å². The maximum atomic E-state index is 12.9. The molecule has 0 unspecified atom stereocenters. The molecule has 0 fully saturated rings. The number of nitrogens with zero attached hydrogens (tertiary/aromatic N) is 1. The van der Waals surface area contributed by atoms with Gasteiger partial charge in [-0.3, -0.25) is 0 Å². The van der Waals surface area contributed by atoms with Crippen molar-refractivity contribution in [3.63, 3.8) is 0 Å². The second-order valence-corrected chi connectivity index (χ2v) is 5.56. The number of ether oxygens (including phenoxy) is 3. The minimum Gasteiger partial charge on any atom is -0.489 e. The van der Waals surface area contributed by atoms with Crippen LogP contribution < -0.4 is 9.47 Å². The van der Waals surface area contributed by atoms with Crippen molar-refractivity contribution in [1.29, 1.82) is 5.26 Å². The van der Waals surface area contributed by atoms with Gasteiger partial charge < -0.3 is 14.2 Å². The Balaban J connectivity index is 2.30. The molecule has 0 radical (unpaired) electrons. The van der Waals surface area contributed by atoms with E-state index in [0.717, 1.165) is 0 Å². The summed E-state index contributed by atoms with van der Waals surface area (Å²) < 4.78 is 92.6. The second kappa shape index (κ2) is 8.39. The molecule has 0 heterocycles. The van der Waals surface area contributed by atoms with Gasteiger partial charge in [-0.05, 0) is 35.9 Å². The van der Waals surface area contributed by atoms with Gasteiger partial charge in [-0.2, -0.15) is 31.6 Å². The minimum atomic E-state index is -4.95. The quantitative estimate of drug-likeness (QED) is 0.492. The highest BCUT2D eigenvalue weighted by atomic mass is 19.4. The summed E-state index contributed by atoms with van der Waals surface area (Å²) in [5, 5.41) is 9.01. The fraction of sp³-hybridized carbons (Fsp3) is 0.278. The van der Waals surface area contributed by atoms with Crippen molar-refractivity contribution in [2.24, 2.45) is 0 Å². The average molecular weight is 405 g/mol. The van der Waals surface area contributed by atoms with E-state index < -0.39 is 30.1 Å². The van der Waals surface area contributed by atoms with Gasteiger partial charge in [-0.15, -0.1) is 0 Å². The third-order valence-electron chi connectivity index (χ3n) is 3.41. The van der Waals surface area contributed by atoms with Gasteiger partial charge >= 0.3 is 12.4 Å². The summed E-state index contributed by atoms with van der Waals surface area (Å²) >= 11 is 0. The largest absolute Gasteiger partial charge is 0.489 e. The zero-order valence-corrected chi connectivity index (χ0v) is 14.3. The van der Waals surface area contributed by atoms with Gasteiger partial charge in [0.2, 0.25) is 0 Å². The molecule has 150 valence electrons. The predicted octanol–water partition coefficient (Wildman–Crippen LogP) is 5.16.